The largest absolute Gasteiger partial charge is 0.383 e. The van der Waals surface area contributed by atoms with Gasteiger partial charge in [0.15, 0.2) is 17.2 Å². The zero-order chi connectivity index (χ0) is 16.9. The van der Waals surface area contributed by atoms with E-state index >= 15 is 0 Å². The molecule has 4 rings (SSSR count). The summed E-state index contributed by atoms with van der Waals surface area (Å²) < 4.78 is 1.76. The second-order valence-corrected chi connectivity index (χ2v) is 6.66. The molecule has 3 heterocycles. The zero-order valence-electron chi connectivity index (χ0n) is 13.5. The molecule has 1 aliphatic carbocycles. The average molecular weight is 326 g/mol. The number of fused-ring (bicyclic) bond motifs is 1. The molecule has 0 spiro atoms. The molecule has 9 nitrogen and oxygen atoms in total. The number of aromatic nitrogens is 6. The minimum absolute atomic E-state index is 0.214. The van der Waals surface area contributed by atoms with Crippen LogP contribution in [-0.4, -0.2) is 35.9 Å². The first-order valence-electron chi connectivity index (χ1n) is 7.76. The number of aromatic amines is 1. The molecule has 9 heteroatoms. The van der Waals surface area contributed by atoms with Crippen molar-refractivity contribution in [2.45, 2.75) is 33.2 Å². The van der Waals surface area contributed by atoms with E-state index in [1.165, 1.54) is 6.33 Å². The van der Waals surface area contributed by atoms with Crippen molar-refractivity contribution in [3.63, 3.8) is 0 Å². The lowest BCUT2D eigenvalue weighted by Crippen LogP contribution is -2.15. The lowest BCUT2D eigenvalue weighted by atomic mass is 10.1. The van der Waals surface area contributed by atoms with Crippen molar-refractivity contribution >= 4 is 28.6 Å². The Morgan fingerprint density at radius 3 is 2.92 bits per heavy atom. The van der Waals surface area contributed by atoms with E-state index in [2.05, 4.69) is 37.5 Å². The zero-order valence-corrected chi connectivity index (χ0v) is 13.5. The summed E-state index contributed by atoms with van der Waals surface area (Å²) in [6, 6.07) is 1.74. The molecule has 0 atom stereocenters. The number of carbonyl (C=O) groups excluding carboxylic acids is 1. The van der Waals surface area contributed by atoms with Gasteiger partial charge < -0.3 is 11.1 Å². The van der Waals surface area contributed by atoms with Gasteiger partial charge in [-0.2, -0.15) is 10.2 Å². The van der Waals surface area contributed by atoms with Crippen LogP contribution >= 0.6 is 0 Å². The van der Waals surface area contributed by atoms with Gasteiger partial charge in [-0.25, -0.2) is 14.6 Å². The Labute approximate surface area is 137 Å². The number of rotatable bonds is 4. The predicted octanol–water partition coefficient (Wildman–Crippen LogP) is 1.49. The van der Waals surface area contributed by atoms with Gasteiger partial charge in [0.2, 0.25) is 0 Å². The molecule has 0 saturated heterocycles. The first kappa shape index (κ1) is 14.6. The molecule has 1 fully saturated rings. The highest BCUT2D eigenvalue weighted by atomic mass is 16.2. The van der Waals surface area contributed by atoms with Gasteiger partial charge in [0, 0.05) is 18.3 Å². The summed E-state index contributed by atoms with van der Waals surface area (Å²) in [7, 11) is 0. The second kappa shape index (κ2) is 5.02. The molecule has 1 aliphatic rings. The van der Waals surface area contributed by atoms with Crippen molar-refractivity contribution in [2.24, 2.45) is 5.41 Å². The van der Waals surface area contributed by atoms with Gasteiger partial charge in [0.25, 0.3) is 5.91 Å². The standard InChI is InChI=1S/C15H18N8O/c1-8-5-9(21-20-8)19-14(24)11-10-12(16)17-7-18-13(10)23(22-11)6-15(2)3-4-15/h5,7H,3-4,6H2,1-2H3,(H2,16,17,18)(H2,19,20,21,24). The molecule has 0 aliphatic heterocycles. The van der Waals surface area contributed by atoms with E-state index in [0.29, 0.717) is 23.4 Å². The minimum atomic E-state index is -0.382. The van der Waals surface area contributed by atoms with Crippen LogP contribution in [0.25, 0.3) is 11.0 Å². The Balaban J connectivity index is 1.75. The quantitative estimate of drug-likeness (QED) is 0.666. The summed E-state index contributed by atoms with van der Waals surface area (Å²) in [6.45, 7) is 4.75. The Morgan fingerprint density at radius 1 is 1.46 bits per heavy atom. The fourth-order valence-corrected chi connectivity index (χ4v) is 2.69. The first-order chi connectivity index (χ1) is 11.5. The summed E-state index contributed by atoms with van der Waals surface area (Å²) in [5, 5.41) is 14.4. The summed E-state index contributed by atoms with van der Waals surface area (Å²) in [6.07, 6.45) is 3.68. The number of nitrogens with zero attached hydrogens (tertiary/aromatic N) is 5. The number of nitrogens with two attached hydrogens (primary N) is 1. The Kier molecular flexibility index (Phi) is 3.05. The minimum Gasteiger partial charge on any atom is -0.383 e. The van der Waals surface area contributed by atoms with Crippen molar-refractivity contribution in [3.8, 4) is 0 Å². The molecule has 0 unspecified atom stereocenters. The van der Waals surface area contributed by atoms with E-state index in [0.717, 1.165) is 18.5 Å². The van der Waals surface area contributed by atoms with Crippen LogP contribution in [0.3, 0.4) is 0 Å². The van der Waals surface area contributed by atoms with Crippen molar-refractivity contribution in [1.29, 1.82) is 0 Å². The molecule has 1 amide bonds. The van der Waals surface area contributed by atoms with E-state index < -0.39 is 0 Å². The van der Waals surface area contributed by atoms with Gasteiger partial charge in [-0.05, 0) is 25.2 Å². The van der Waals surface area contributed by atoms with Crippen molar-refractivity contribution in [1.82, 2.24) is 29.9 Å². The van der Waals surface area contributed by atoms with Crippen LogP contribution in [0.15, 0.2) is 12.4 Å². The third kappa shape index (κ3) is 2.47. The first-order valence-corrected chi connectivity index (χ1v) is 7.76. The Morgan fingerprint density at radius 2 is 2.25 bits per heavy atom. The Hall–Kier alpha value is -2.97. The van der Waals surface area contributed by atoms with Gasteiger partial charge in [0.05, 0.1) is 5.39 Å². The van der Waals surface area contributed by atoms with E-state index in [1.54, 1.807) is 10.7 Å². The molecular weight excluding hydrogens is 308 g/mol. The van der Waals surface area contributed by atoms with Crippen LogP contribution in [0, 0.1) is 12.3 Å². The number of nitrogen functional groups attached to an aromatic ring is 1. The summed E-state index contributed by atoms with van der Waals surface area (Å²) in [4.78, 5) is 20.9. The predicted molar refractivity (Wildman–Crippen MR) is 88.4 cm³/mol. The molecular formula is C15H18N8O. The lowest BCUT2D eigenvalue weighted by molar-refractivity contribution is 0.102. The number of carbonyl (C=O) groups is 1. The smallest absolute Gasteiger partial charge is 0.278 e. The number of hydrogen-bond acceptors (Lipinski definition) is 6. The van der Waals surface area contributed by atoms with E-state index in [9.17, 15) is 4.79 Å². The highest BCUT2D eigenvalue weighted by molar-refractivity contribution is 6.12. The number of nitrogens with one attached hydrogen (secondary N) is 2. The highest BCUT2D eigenvalue weighted by Gasteiger charge is 2.39. The van der Waals surface area contributed by atoms with Gasteiger partial charge in [-0.1, -0.05) is 6.92 Å². The SMILES string of the molecule is Cc1cc(NC(=O)c2nn(CC3(C)CC3)c3ncnc(N)c23)n[nH]1. The van der Waals surface area contributed by atoms with Crippen LogP contribution in [0.5, 0.6) is 0 Å². The topological polar surface area (TPSA) is 127 Å². The number of hydrogen-bond donors (Lipinski definition) is 3. The molecule has 0 aromatic carbocycles. The van der Waals surface area contributed by atoms with Crippen LogP contribution in [-0.2, 0) is 6.54 Å². The van der Waals surface area contributed by atoms with Crippen LogP contribution in [0.1, 0.15) is 35.9 Å². The molecule has 4 N–H and O–H groups in total. The maximum atomic E-state index is 12.6. The maximum Gasteiger partial charge on any atom is 0.278 e. The fraction of sp³-hybridized carbons (Fsp3) is 0.400. The van der Waals surface area contributed by atoms with Gasteiger partial charge in [0.1, 0.15) is 12.1 Å². The molecule has 124 valence electrons. The highest BCUT2D eigenvalue weighted by Crippen LogP contribution is 2.46. The molecule has 0 bridgehead atoms. The van der Waals surface area contributed by atoms with E-state index in [-0.39, 0.29) is 22.8 Å². The fourth-order valence-electron chi connectivity index (χ4n) is 2.69. The van der Waals surface area contributed by atoms with Gasteiger partial charge >= 0.3 is 0 Å². The summed E-state index contributed by atoms with van der Waals surface area (Å²) >= 11 is 0. The molecule has 0 radical (unpaired) electrons. The Bertz CT molecular complexity index is 936. The maximum absolute atomic E-state index is 12.6. The third-order valence-corrected chi connectivity index (χ3v) is 4.36. The van der Waals surface area contributed by atoms with Crippen LogP contribution in [0.4, 0.5) is 11.6 Å². The third-order valence-electron chi connectivity index (χ3n) is 4.36. The van der Waals surface area contributed by atoms with Crippen molar-refractivity contribution in [3.05, 3.63) is 23.8 Å². The number of amides is 1. The second-order valence-electron chi connectivity index (χ2n) is 6.66. The molecule has 3 aromatic heterocycles. The number of H-pyrrole nitrogens is 1. The normalized spacial score (nSPS) is 15.6. The van der Waals surface area contributed by atoms with Crippen LogP contribution in [0.2, 0.25) is 0 Å². The van der Waals surface area contributed by atoms with Crippen molar-refractivity contribution < 1.29 is 4.79 Å². The molecule has 1 saturated carbocycles. The van der Waals surface area contributed by atoms with E-state index in [4.69, 9.17) is 5.73 Å². The van der Waals surface area contributed by atoms with Crippen LogP contribution < -0.4 is 11.1 Å². The molecule has 24 heavy (non-hydrogen) atoms. The lowest BCUT2D eigenvalue weighted by Gasteiger charge is -2.08. The van der Waals surface area contributed by atoms with Crippen molar-refractivity contribution in [2.75, 3.05) is 11.1 Å². The van der Waals surface area contributed by atoms with Gasteiger partial charge in [-0.15, -0.1) is 0 Å². The van der Waals surface area contributed by atoms with Gasteiger partial charge in [-0.3, -0.25) is 9.89 Å². The average Bonchev–Trinajstić information content (AvgIpc) is 2.94. The summed E-state index contributed by atoms with van der Waals surface area (Å²) in [5.41, 5.74) is 7.84. The number of aryl methyl sites for hydroxylation is 1. The monoisotopic (exact) mass is 326 g/mol. The number of anilines is 2. The summed E-state index contributed by atoms with van der Waals surface area (Å²) in [5.74, 6) is 0.299. The molecule has 3 aromatic rings. The van der Waals surface area contributed by atoms with E-state index in [1.807, 2.05) is 6.92 Å².